The summed E-state index contributed by atoms with van der Waals surface area (Å²) in [7, 11) is 5.80. The van der Waals surface area contributed by atoms with Crippen molar-refractivity contribution >= 4 is 11.8 Å². The van der Waals surface area contributed by atoms with E-state index in [2.05, 4.69) is 16.0 Å². The molecule has 0 spiro atoms. The topological polar surface area (TPSA) is 56.1 Å². The fourth-order valence-electron chi connectivity index (χ4n) is 1.86. The molecule has 0 saturated heterocycles. The van der Waals surface area contributed by atoms with Crippen LogP contribution >= 0.6 is 0 Å². The molecule has 0 aliphatic carbocycles. The summed E-state index contributed by atoms with van der Waals surface area (Å²) in [4.78, 5) is 12.6. The minimum Gasteiger partial charge on any atom is -0.355 e. The lowest BCUT2D eigenvalue weighted by Gasteiger charge is -2.20. The van der Waals surface area contributed by atoms with Crippen molar-refractivity contribution in [2.75, 3.05) is 30.9 Å². The first-order chi connectivity index (χ1) is 9.60. The third-order valence-corrected chi connectivity index (χ3v) is 2.90. The number of hydrogen-bond acceptors (Lipinski definition) is 5. The number of nitrogens with zero attached hydrogens (tertiary/aromatic N) is 5. The number of aromatic nitrogens is 2. The van der Waals surface area contributed by atoms with E-state index in [4.69, 9.17) is 5.26 Å². The van der Waals surface area contributed by atoms with E-state index >= 15 is 0 Å². The first-order valence-corrected chi connectivity index (χ1v) is 6.30. The maximum Gasteiger partial charge on any atom is 0.226 e. The van der Waals surface area contributed by atoms with E-state index in [1.807, 2.05) is 55.2 Å². The molecule has 1 heterocycles. The van der Waals surface area contributed by atoms with Gasteiger partial charge in [-0.1, -0.05) is 12.1 Å². The van der Waals surface area contributed by atoms with Crippen LogP contribution in [0, 0.1) is 11.3 Å². The van der Waals surface area contributed by atoms with Gasteiger partial charge in [0.15, 0.2) is 0 Å². The van der Waals surface area contributed by atoms with E-state index in [1.165, 1.54) is 0 Å². The van der Waals surface area contributed by atoms with Crippen molar-refractivity contribution in [1.82, 2.24) is 9.97 Å². The van der Waals surface area contributed by atoms with Crippen LogP contribution < -0.4 is 9.80 Å². The second kappa shape index (κ2) is 6.02. The summed E-state index contributed by atoms with van der Waals surface area (Å²) in [5.74, 6) is 1.53. The summed E-state index contributed by atoms with van der Waals surface area (Å²) < 4.78 is 0. The van der Waals surface area contributed by atoms with Gasteiger partial charge in [0.05, 0.1) is 11.6 Å². The minimum absolute atomic E-state index is 0.674. The van der Waals surface area contributed by atoms with Gasteiger partial charge in [-0.05, 0) is 23.8 Å². The Morgan fingerprint density at radius 1 is 1.20 bits per heavy atom. The van der Waals surface area contributed by atoms with Gasteiger partial charge < -0.3 is 9.80 Å². The number of nitriles is 1. The number of anilines is 2. The molecule has 0 atom stereocenters. The normalized spacial score (nSPS) is 9.90. The molecule has 0 unspecified atom stereocenters. The van der Waals surface area contributed by atoms with E-state index in [-0.39, 0.29) is 0 Å². The van der Waals surface area contributed by atoms with E-state index in [0.717, 1.165) is 11.4 Å². The summed E-state index contributed by atoms with van der Waals surface area (Å²) in [5.41, 5.74) is 1.75. The van der Waals surface area contributed by atoms with E-state index < -0.39 is 0 Å². The zero-order valence-electron chi connectivity index (χ0n) is 11.9. The lowest BCUT2D eigenvalue weighted by molar-refractivity contribution is 0.880. The predicted molar refractivity (Wildman–Crippen MR) is 79.6 cm³/mol. The van der Waals surface area contributed by atoms with Crippen molar-refractivity contribution in [3.05, 3.63) is 47.7 Å². The Labute approximate surface area is 119 Å². The highest BCUT2D eigenvalue weighted by molar-refractivity contribution is 5.43. The Morgan fingerprint density at radius 3 is 2.70 bits per heavy atom. The lowest BCUT2D eigenvalue weighted by atomic mass is 10.1. The molecule has 0 aliphatic rings. The molecule has 2 aromatic rings. The van der Waals surface area contributed by atoms with Crippen LogP contribution in [0.5, 0.6) is 0 Å². The molecule has 5 heteroatoms. The fourth-order valence-corrected chi connectivity index (χ4v) is 1.86. The highest BCUT2D eigenvalue weighted by Gasteiger charge is 2.07. The molecule has 0 bridgehead atoms. The largest absolute Gasteiger partial charge is 0.355 e. The summed E-state index contributed by atoms with van der Waals surface area (Å²) in [6, 6.07) is 11.6. The molecule has 0 N–H and O–H groups in total. The van der Waals surface area contributed by atoms with Crippen molar-refractivity contribution in [1.29, 1.82) is 5.26 Å². The quantitative estimate of drug-likeness (QED) is 0.848. The van der Waals surface area contributed by atoms with Crippen LogP contribution in [-0.2, 0) is 6.54 Å². The van der Waals surface area contributed by atoms with Crippen LogP contribution in [0.2, 0.25) is 0 Å². The van der Waals surface area contributed by atoms with Crippen LogP contribution in [-0.4, -0.2) is 31.1 Å². The second-order valence-corrected chi connectivity index (χ2v) is 4.78. The molecule has 0 fully saturated rings. The van der Waals surface area contributed by atoms with Gasteiger partial charge in [0, 0.05) is 33.9 Å². The Bertz CT molecular complexity index is 630. The molecule has 20 heavy (non-hydrogen) atoms. The maximum atomic E-state index is 8.92. The summed E-state index contributed by atoms with van der Waals surface area (Å²) in [6.07, 6.45) is 1.75. The van der Waals surface area contributed by atoms with E-state index in [0.29, 0.717) is 18.1 Å². The molecule has 2 rings (SSSR count). The highest BCUT2D eigenvalue weighted by atomic mass is 15.3. The van der Waals surface area contributed by atoms with Gasteiger partial charge in [-0.15, -0.1) is 0 Å². The summed E-state index contributed by atoms with van der Waals surface area (Å²) >= 11 is 0. The molecule has 0 saturated carbocycles. The molecule has 5 nitrogen and oxygen atoms in total. The van der Waals surface area contributed by atoms with Gasteiger partial charge in [-0.2, -0.15) is 10.2 Å². The standard InChI is InChI=1S/C15H17N5/c1-19(2)15-17-8-7-14(18-15)20(3)11-13-6-4-5-12(9-13)10-16/h4-9H,11H2,1-3H3. The van der Waals surface area contributed by atoms with Crippen LogP contribution in [0.3, 0.4) is 0 Å². The zero-order chi connectivity index (χ0) is 14.5. The van der Waals surface area contributed by atoms with Crippen molar-refractivity contribution < 1.29 is 0 Å². The number of rotatable bonds is 4. The van der Waals surface area contributed by atoms with Crippen molar-refractivity contribution in [2.45, 2.75) is 6.54 Å². The smallest absolute Gasteiger partial charge is 0.226 e. The minimum atomic E-state index is 0.674. The molecule has 0 radical (unpaired) electrons. The van der Waals surface area contributed by atoms with E-state index in [1.54, 1.807) is 12.3 Å². The Hall–Kier alpha value is -2.61. The Balaban J connectivity index is 2.17. The van der Waals surface area contributed by atoms with Crippen molar-refractivity contribution in [2.24, 2.45) is 0 Å². The summed E-state index contributed by atoms with van der Waals surface area (Å²) in [5, 5.41) is 8.92. The molecule has 1 aromatic heterocycles. The van der Waals surface area contributed by atoms with Crippen LogP contribution in [0.4, 0.5) is 11.8 Å². The van der Waals surface area contributed by atoms with Gasteiger partial charge >= 0.3 is 0 Å². The number of benzene rings is 1. The maximum absolute atomic E-state index is 8.92. The van der Waals surface area contributed by atoms with Gasteiger partial charge in [0.2, 0.25) is 5.95 Å². The second-order valence-electron chi connectivity index (χ2n) is 4.78. The molecule has 0 aliphatic heterocycles. The molecule has 1 aromatic carbocycles. The fraction of sp³-hybridized carbons (Fsp3) is 0.267. The van der Waals surface area contributed by atoms with Crippen LogP contribution in [0.15, 0.2) is 36.5 Å². The monoisotopic (exact) mass is 267 g/mol. The zero-order valence-corrected chi connectivity index (χ0v) is 11.9. The van der Waals surface area contributed by atoms with Gasteiger partial charge in [-0.3, -0.25) is 0 Å². The average Bonchev–Trinajstić information content (AvgIpc) is 2.47. The third kappa shape index (κ3) is 3.23. The SMILES string of the molecule is CN(C)c1nccc(N(C)Cc2cccc(C#N)c2)n1. The first-order valence-electron chi connectivity index (χ1n) is 6.30. The predicted octanol–water partition coefficient (Wildman–Crippen LogP) is 2.05. The lowest BCUT2D eigenvalue weighted by Crippen LogP contribution is -2.20. The Morgan fingerprint density at radius 2 is 2.00 bits per heavy atom. The van der Waals surface area contributed by atoms with Gasteiger partial charge in [-0.25, -0.2) is 4.98 Å². The van der Waals surface area contributed by atoms with Crippen molar-refractivity contribution in [3.8, 4) is 6.07 Å². The Kier molecular flexibility index (Phi) is 4.16. The first kappa shape index (κ1) is 13.8. The molecule has 102 valence electrons. The molecule has 0 amide bonds. The molecular weight excluding hydrogens is 250 g/mol. The summed E-state index contributed by atoms with van der Waals surface area (Å²) in [6.45, 7) is 0.694. The molecular formula is C15H17N5. The van der Waals surface area contributed by atoms with Gasteiger partial charge in [0.1, 0.15) is 5.82 Å². The van der Waals surface area contributed by atoms with Crippen LogP contribution in [0.25, 0.3) is 0 Å². The number of hydrogen-bond donors (Lipinski definition) is 0. The average molecular weight is 267 g/mol. The third-order valence-electron chi connectivity index (χ3n) is 2.90. The van der Waals surface area contributed by atoms with E-state index in [9.17, 15) is 0 Å². The van der Waals surface area contributed by atoms with Gasteiger partial charge in [0.25, 0.3) is 0 Å². The van der Waals surface area contributed by atoms with Crippen LogP contribution in [0.1, 0.15) is 11.1 Å². The van der Waals surface area contributed by atoms with Crippen molar-refractivity contribution in [3.63, 3.8) is 0 Å². The highest BCUT2D eigenvalue weighted by Crippen LogP contribution is 2.15.